The van der Waals surface area contributed by atoms with E-state index < -0.39 is 6.03 Å². The first-order valence-electron chi connectivity index (χ1n) is 7.82. The van der Waals surface area contributed by atoms with Crippen molar-refractivity contribution in [1.29, 1.82) is 0 Å². The molecule has 0 aliphatic carbocycles. The smallest absolute Gasteiger partial charge is 0.321 e. The van der Waals surface area contributed by atoms with Crippen molar-refractivity contribution in [3.8, 4) is 0 Å². The molecule has 0 saturated heterocycles. The Hall–Kier alpha value is -2.27. The number of benzene rings is 2. The predicted octanol–water partition coefficient (Wildman–Crippen LogP) is 3.81. The van der Waals surface area contributed by atoms with Crippen molar-refractivity contribution in [1.82, 2.24) is 10.6 Å². The molecule has 0 aromatic heterocycles. The van der Waals surface area contributed by atoms with Gasteiger partial charge in [-0.25, -0.2) is 4.79 Å². The summed E-state index contributed by atoms with van der Waals surface area (Å²) >= 11 is 1.44. The number of urea groups is 1. The Morgan fingerprint density at radius 1 is 1.04 bits per heavy atom. The molecule has 1 atom stereocenters. The Morgan fingerprint density at radius 3 is 2.42 bits per heavy atom. The summed E-state index contributed by atoms with van der Waals surface area (Å²) in [5.41, 5.74) is 3.39. The molecule has 3 amide bonds. The van der Waals surface area contributed by atoms with Crippen LogP contribution in [0.15, 0.2) is 53.4 Å². The minimum atomic E-state index is -0.476. The second kappa shape index (κ2) is 8.55. The Bertz CT molecular complexity index is 717. The van der Waals surface area contributed by atoms with E-state index in [4.69, 9.17) is 0 Å². The summed E-state index contributed by atoms with van der Waals surface area (Å²) in [5, 5.41) is 4.72. The van der Waals surface area contributed by atoms with Crippen LogP contribution in [-0.2, 0) is 11.3 Å². The lowest BCUT2D eigenvalue weighted by atomic mass is 10.1. The molecule has 0 heterocycles. The first-order chi connectivity index (χ1) is 11.5. The standard InChI is InChI=1S/C19H22N2O2S/c1-13-9-10-17(11-14(13)2)24-15(3)18(22)21-19(23)20-12-16-7-5-4-6-8-16/h4-11,15H,12H2,1-3H3,(H2,20,21,22,23). The van der Waals surface area contributed by atoms with Crippen LogP contribution < -0.4 is 10.6 Å². The number of carbonyl (C=O) groups is 2. The summed E-state index contributed by atoms with van der Waals surface area (Å²) < 4.78 is 0. The van der Waals surface area contributed by atoms with Crippen molar-refractivity contribution in [3.63, 3.8) is 0 Å². The maximum atomic E-state index is 12.1. The molecule has 0 aliphatic rings. The third-order valence-corrected chi connectivity index (χ3v) is 4.79. The molecule has 2 rings (SSSR count). The molecule has 1 unspecified atom stereocenters. The molecule has 0 aliphatic heterocycles. The van der Waals surface area contributed by atoms with E-state index in [9.17, 15) is 9.59 Å². The van der Waals surface area contributed by atoms with E-state index in [0.717, 1.165) is 10.5 Å². The molecule has 0 fully saturated rings. The van der Waals surface area contributed by atoms with Gasteiger partial charge in [-0.3, -0.25) is 10.1 Å². The molecular weight excluding hydrogens is 320 g/mol. The van der Waals surface area contributed by atoms with Gasteiger partial charge in [-0.15, -0.1) is 11.8 Å². The van der Waals surface area contributed by atoms with Gasteiger partial charge in [0.25, 0.3) is 0 Å². The fourth-order valence-corrected chi connectivity index (χ4v) is 3.05. The maximum Gasteiger partial charge on any atom is 0.321 e. The molecule has 2 aromatic rings. The fourth-order valence-electron chi connectivity index (χ4n) is 2.08. The Labute approximate surface area is 147 Å². The van der Waals surface area contributed by atoms with Gasteiger partial charge < -0.3 is 5.32 Å². The first kappa shape index (κ1) is 18.1. The van der Waals surface area contributed by atoms with Gasteiger partial charge in [-0.1, -0.05) is 36.4 Å². The third kappa shape index (κ3) is 5.42. The highest BCUT2D eigenvalue weighted by molar-refractivity contribution is 8.00. The van der Waals surface area contributed by atoms with Crippen LogP contribution >= 0.6 is 11.8 Å². The Balaban J connectivity index is 1.82. The van der Waals surface area contributed by atoms with Crippen molar-refractivity contribution in [2.45, 2.75) is 37.5 Å². The number of carbonyl (C=O) groups excluding carboxylic acids is 2. The number of thioether (sulfide) groups is 1. The van der Waals surface area contributed by atoms with Gasteiger partial charge in [0.15, 0.2) is 0 Å². The van der Waals surface area contributed by atoms with Crippen LogP contribution in [0.2, 0.25) is 0 Å². The van der Waals surface area contributed by atoms with E-state index in [1.54, 1.807) is 6.92 Å². The predicted molar refractivity (Wildman–Crippen MR) is 98.1 cm³/mol. The van der Waals surface area contributed by atoms with E-state index in [1.165, 1.54) is 22.9 Å². The lowest BCUT2D eigenvalue weighted by Gasteiger charge is -2.13. The largest absolute Gasteiger partial charge is 0.334 e. The lowest BCUT2D eigenvalue weighted by Crippen LogP contribution is -2.42. The summed E-state index contributed by atoms with van der Waals surface area (Å²) in [5.74, 6) is -0.302. The van der Waals surface area contributed by atoms with Gasteiger partial charge in [0.2, 0.25) is 5.91 Å². The second-order valence-corrected chi connectivity index (χ2v) is 7.08. The number of aryl methyl sites for hydroxylation is 2. The maximum absolute atomic E-state index is 12.1. The zero-order chi connectivity index (χ0) is 17.5. The van der Waals surface area contributed by atoms with E-state index in [0.29, 0.717) is 6.54 Å². The molecule has 0 spiro atoms. The van der Waals surface area contributed by atoms with E-state index in [-0.39, 0.29) is 11.2 Å². The normalized spacial score (nSPS) is 11.6. The SMILES string of the molecule is Cc1ccc(SC(C)C(=O)NC(=O)NCc2ccccc2)cc1C. The molecule has 5 heteroatoms. The Morgan fingerprint density at radius 2 is 1.75 bits per heavy atom. The molecule has 4 nitrogen and oxygen atoms in total. The number of hydrogen-bond donors (Lipinski definition) is 2. The zero-order valence-electron chi connectivity index (χ0n) is 14.1. The molecule has 24 heavy (non-hydrogen) atoms. The van der Waals surface area contributed by atoms with Crippen molar-refractivity contribution >= 4 is 23.7 Å². The number of imide groups is 1. The molecule has 0 radical (unpaired) electrons. The third-order valence-electron chi connectivity index (χ3n) is 3.69. The van der Waals surface area contributed by atoms with Gasteiger partial charge in [0.1, 0.15) is 0 Å². The van der Waals surface area contributed by atoms with Crippen LogP contribution in [0.5, 0.6) is 0 Å². The molecule has 0 bridgehead atoms. The van der Waals surface area contributed by atoms with E-state index in [1.807, 2.05) is 49.4 Å². The van der Waals surface area contributed by atoms with Gasteiger partial charge in [0, 0.05) is 11.4 Å². The monoisotopic (exact) mass is 342 g/mol. The summed E-state index contributed by atoms with van der Waals surface area (Å²) in [6, 6.07) is 15.2. The van der Waals surface area contributed by atoms with Crippen LogP contribution in [0, 0.1) is 13.8 Å². The Kier molecular flexibility index (Phi) is 6.44. The van der Waals surface area contributed by atoms with E-state index in [2.05, 4.69) is 23.6 Å². The van der Waals surface area contributed by atoms with Crippen LogP contribution in [0.1, 0.15) is 23.6 Å². The van der Waals surface area contributed by atoms with Crippen molar-refractivity contribution in [3.05, 3.63) is 65.2 Å². The fraction of sp³-hybridized carbons (Fsp3) is 0.263. The van der Waals surface area contributed by atoms with Gasteiger partial charge in [-0.05, 0) is 49.6 Å². The average molecular weight is 342 g/mol. The second-order valence-electron chi connectivity index (χ2n) is 5.66. The van der Waals surface area contributed by atoms with Crippen LogP contribution in [-0.4, -0.2) is 17.2 Å². The summed E-state index contributed by atoms with van der Waals surface area (Å²) in [6.45, 7) is 6.27. The van der Waals surface area contributed by atoms with Gasteiger partial charge in [0.05, 0.1) is 5.25 Å². The van der Waals surface area contributed by atoms with Crippen molar-refractivity contribution in [2.24, 2.45) is 0 Å². The molecule has 2 N–H and O–H groups in total. The number of nitrogens with one attached hydrogen (secondary N) is 2. The minimum absolute atomic E-state index is 0.302. The number of rotatable bonds is 5. The highest BCUT2D eigenvalue weighted by Gasteiger charge is 2.17. The minimum Gasteiger partial charge on any atom is -0.334 e. The number of amides is 3. The lowest BCUT2D eigenvalue weighted by molar-refractivity contribution is -0.119. The van der Waals surface area contributed by atoms with E-state index >= 15 is 0 Å². The molecular formula is C19H22N2O2S. The molecule has 126 valence electrons. The topological polar surface area (TPSA) is 58.2 Å². The van der Waals surface area contributed by atoms with Crippen molar-refractivity contribution < 1.29 is 9.59 Å². The van der Waals surface area contributed by atoms with Crippen molar-refractivity contribution in [2.75, 3.05) is 0 Å². The van der Waals surface area contributed by atoms with Gasteiger partial charge >= 0.3 is 6.03 Å². The number of hydrogen-bond acceptors (Lipinski definition) is 3. The summed E-state index contributed by atoms with van der Waals surface area (Å²) in [7, 11) is 0. The van der Waals surface area contributed by atoms with Crippen LogP contribution in [0.25, 0.3) is 0 Å². The summed E-state index contributed by atoms with van der Waals surface area (Å²) in [4.78, 5) is 25.0. The van der Waals surface area contributed by atoms with Crippen LogP contribution in [0.4, 0.5) is 4.79 Å². The van der Waals surface area contributed by atoms with Gasteiger partial charge in [-0.2, -0.15) is 0 Å². The quantitative estimate of drug-likeness (QED) is 0.812. The average Bonchev–Trinajstić information content (AvgIpc) is 2.57. The molecule has 0 saturated carbocycles. The first-order valence-corrected chi connectivity index (χ1v) is 8.70. The highest BCUT2D eigenvalue weighted by Crippen LogP contribution is 2.25. The van der Waals surface area contributed by atoms with Crippen LogP contribution in [0.3, 0.4) is 0 Å². The highest BCUT2D eigenvalue weighted by atomic mass is 32.2. The zero-order valence-corrected chi connectivity index (χ0v) is 14.9. The molecule has 2 aromatic carbocycles. The summed E-state index contributed by atoms with van der Waals surface area (Å²) in [6.07, 6.45) is 0.